The van der Waals surface area contributed by atoms with Gasteiger partial charge in [0.1, 0.15) is 5.75 Å². The fourth-order valence-corrected chi connectivity index (χ4v) is 7.17. The molecule has 1 aromatic carbocycles. The predicted molar refractivity (Wildman–Crippen MR) is 130 cm³/mol. The molecule has 0 spiro atoms. The van der Waals surface area contributed by atoms with Gasteiger partial charge in [-0.25, -0.2) is 17.2 Å². The highest BCUT2D eigenvalue weighted by atomic mass is 32.2. The fraction of sp³-hybridized carbons (Fsp3) is 0.481. The SMILES string of the molecule is COc1cc2c(C(C)(C)C)ccn2cc1CC1CC(C(C)(C)C)c2cc(F)c(F)cc2S1(=O)=O. The maximum atomic E-state index is 14.2. The van der Waals surface area contributed by atoms with Crippen LogP contribution < -0.4 is 4.74 Å². The van der Waals surface area contributed by atoms with E-state index < -0.39 is 26.7 Å². The number of fused-ring (bicyclic) bond motifs is 2. The van der Waals surface area contributed by atoms with Gasteiger partial charge >= 0.3 is 0 Å². The van der Waals surface area contributed by atoms with E-state index in [0.29, 0.717) is 17.7 Å². The summed E-state index contributed by atoms with van der Waals surface area (Å²) in [4.78, 5) is -0.0985. The average molecular weight is 490 g/mol. The van der Waals surface area contributed by atoms with E-state index in [0.717, 1.165) is 23.2 Å². The fourth-order valence-electron chi connectivity index (χ4n) is 5.17. The maximum Gasteiger partial charge on any atom is 0.181 e. The van der Waals surface area contributed by atoms with Gasteiger partial charge in [-0.1, -0.05) is 41.5 Å². The molecule has 34 heavy (non-hydrogen) atoms. The van der Waals surface area contributed by atoms with Crippen molar-refractivity contribution in [3.05, 3.63) is 65.0 Å². The van der Waals surface area contributed by atoms with Crippen LogP contribution in [0.5, 0.6) is 5.75 Å². The van der Waals surface area contributed by atoms with Crippen molar-refractivity contribution in [1.82, 2.24) is 4.40 Å². The molecule has 4 nitrogen and oxygen atoms in total. The Bertz CT molecular complexity index is 1360. The van der Waals surface area contributed by atoms with Crippen LogP contribution in [-0.2, 0) is 21.7 Å². The molecular formula is C27H33F2NO3S. The van der Waals surface area contributed by atoms with Gasteiger partial charge in [-0.2, -0.15) is 0 Å². The number of hydrogen-bond donors (Lipinski definition) is 0. The molecule has 0 fully saturated rings. The second-order valence-electron chi connectivity index (χ2n) is 11.5. The van der Waals surface area contributed by atoms with Gasteiger partial charge in [0.05, 0.1) is 22.8 Å². The first kappa shape index (κ1) is 24.7. The molecule has 0 N–H and O–H groups in total. The zero-order valence-electron chi connectivity index (χ0n) is 20.9. The van der Waals surface area contributed by atoms with Gasteiger partial charge in [-0.3, -0.25) is 0 Å². The third-order valence-electron chi connectivity index (χ3n) is 7.03. The largest absolute Gasteiger partial charge is 0.496 e. The van der Waals surface area contributed by atoms with Crippen molar-refractivity contribution in [3.63, 3.8) is 0 Å². The molecule has 1 aliphatic rings. The monoisotopic (exact) mass is 489 g/mol. The Kier molecular flexibility index (Phi) is 5.87. The van der Waals surface area contributed by atoms with Crippen molar-refractivity contribution in [2.45, 2.75) is 75.9 Å². The van der Waals surface area contributed by atoms with Gasteiger partial charge in [0.15, 0.2) is 21.5 Å². The van der Waals surface area contributed by atoms with Crippen LogP contribution in [0.15, 0.2) is 41.6 Å². The highest BCUT2D eigenvalue weighted by Crippen LogP contribution is 2.48. The number of benzene rings is 1. The number of ether oxygens (including phenoxy) is 1. The quantitative estimate of drug-likeness (QED) is 0.398. The molecule has 2 atom stereocenters. The number of methoxy groups -OCH3 is 1. The summed E-state index contributed by atoms with van der Waals surface area (Å²) in [6, 6.07) is 5.94. The van der Waals surface area contributed by atoms with Gasteiger partial charge < -0.3 is 9.14 Å². The molecule has 0 aliphatic carbocycles. The van der Waals surface area contributed by atoms with Crippen molar-refractivity contribution < 1.29 is 21.9 Å². The molecule has 0 radical (unpaired) electrons. The van der Waals surface area contributed by atoms with E-state index >= 15 is 0 Å². The Balaban J connectivity index is 1.83. The minimum Gasteiger partial charge on any atom is -0.496 e. The topological polar surface area (TPSA) is 47.8 Å². The van der Waals surface area contributed by atoms with Crippen LogP contribution in [0.4, 0.5) is 8.78 Å². The first-order chi connectivity index (χ1) is 15.6. The number of rotatable bonds is 3. The van der Waals surface area contributed by atoms with Crippen molar-refractivity contribution in [3.8, 4) is 5.75 Å². The van der Waals surface area contributed by atoms with E-state index in [2.05, 4.69) is 26.8 Å². The van der Waals surface area contributed by atoms with Crippen molar-refractivity contribution in [1.29, 1.82) is 0 Å². The van der Waals surface area contributed by atoms with Crippen LogP contribution in [-0.4, -0.2) is 25.2 Å². The maximum absolute atomic E-state index is 14.2. The minimum atomic E-state index is -3.88. The summed E-state index contributed by atoms with van der Waals surface area (Å²) < 4.78 is 63.2. The summed E-state index contributed by atoms with van der Waals surface area (Å²) >= 11 is 0. The Morgan fingerprint density at radius 2 is 1.71 bits per heavy atom. The van der Waals surface area contributed by atoms with E-state index in [-0.39, 0.29) is 28.1 Å². The summed E-state index contributed by atoms with van der Waals surface area (Å²) in [6.45, 7) is 12.4. The molecule has 184 valence electrons. The van der Waals surface area contributed by atoms with Crippen LogP contribution in [0.3, 0.4) is 0 Å². The first-order valence-electron chi connectivity index (χ1n) is 11.6. The zero-order valence-corrected chi connectivity index (χ0v) is 21.7. The Labute approximate surface area is 200 Å². The summed E-state index contributed by atoms with van der Waals surface area (Å²) in [5.41, 5.74) is 2.92. The molecule has 0 amide bonds. The van der Waals surface area contributed by atoms with E-state index in [9.17, 15) is 17.2 Å². The lowest BCUT2D eigenvalue weighted by Crippen LogP contribution is -2.36. The lowest BCUT2D eigenvalue weighted by Gasteiger charge is -2.39. The number of halogens is 2. The smallest absolute Gasteiger partial charge is 0.181 e. The number of sulfone groups is 1. The number of aromatic nitrogens is 1. The highest BCUT2D eigenvalue weighted by molar-refractivity contribution is 7.92. The van der Waals surface area contributed by atoms with Crippen LogP contribution in [0.25, 0.3) is 5.52 Å². The van der Waals surface area contributed by atoms with E-state index in [1.165, 1.54) is 5.56 Å². The standard InChI is InChI=1S/C27H33F2NO3S/c1-26(2,3)19-8-9-30-15-16(24(33-7)14-23(19)30)10-17-11-20(27(4,5)6)18-12-21(28)22(29)13-25(18)34(17,31)32/h8-9,12-15,17,20H,10-11H2,1-7H3. The van der Waals surface area contributed by atoms with Gasteiger partial charge in [-0.05, 0) is 58.9 Å². The number of nitrogens with zero attached hydrogens (tertiary/aromatic N) is 1. The third-order valence-corrected chi connectivity index (χ3v) is 9.23. The zero-order chi connectivity index (χ0) is 25.2. The second kappa shape index (κ2) is 8.08. The van der Waals surface area contributed by atoms with E-state index in [1.807, 2.05) is 43.6 Å². The van der Waals surface area contributed by atoms with E-state index in [1.54, 1.807) is 7.11 Å². The predicted octanol–water partition coefficient (Wildman–Crippen LogP) is 6.44. The molecule has 0 saturated heterocycles. The minimum absolute atomic E-state index is 0.0586. The normalized spacial score (nSPS) is 20.4. The first-order valence-corrected chi connectivity index (χ1v) is 13.1. The lowest BCUT2D eigenvalue weighted by atomic mass is 9.73. The molecule has 1 aliphatic heterocycles. The molecule has 3 heterocycles. The van der Waals surface area contributed by atoms with Crippen LogP contribution in [0, 0.1) is 17.0 Å². The Morgan fingerprint density at radius 1 is 1.06 bits per heavy atom. The summed E-state index contributed by atoms with van der Waals surface area (Å²) in [7, 11) is -2.30. The molecule has 7 heteroatoms. The average Bonchev–Trinajstić information content (AvgIpc) is 3.13. The highest BCUT2D eigenvalue weighted by Gasteiger charge is 2.44. The second-order valence-corrected chi connectivity index (χ2v) is 13.7. The van der Waals surface area contributed by atoms with Crippen molar-refractivity contribution in [2.24, 2.45) is 5.41 Å². The summed E-state index contributed by atoms with van der Waals surface area (Å²) in [5.74, 6) is -1.78. The summed E-state index contributed by atoms with van der Waals surface area (Å²) in [6.07, 6.45) is 4.44. The molecule has 3 aromatic rings. The molecule has 0 bridgehead atoms. The number of pyridine rings is 1. The van der Waals surface area contributed by atoms with Gasteiger partial charge in [0.2, 0.25) is 0 Å². The molecule has 4 rings (SSSR count). The Hall–Kier alpha value is -2.41. The number of hydrogen-bond acceptors (Lipinski definition) is 3. The van der Waals surface area contributed by atoms with Crippen LogP contribution in [0.1, 0.15) is 70.6 Å². The van der Waals surface area contributed by atoms with Crippen LogP contribution in [0.2, 0.25) is 0 Å². The Morgan fingerprint density at radius 3 is 2.29 bits per heavy atom. The van der Waals surface area contributed by atoms with E-state index in [4.69, 9.17) is 4.74 Å². The molecule has 2 aromatic heterocycles. The van der Waals surface area contributed by atoms with Crippen LogP contribution >= 0.6 is 0 Å². The van der Waals surface area contributed by atoms with Gasteiger partial charge in [0.25, 0.3) is 0 Å². The van der Waals surface area contributed by atoms with Crippen molar-refractivity contribution in [2.75, 3.05) is 7.11 Å². The third kappa shape index (κ3) is 4.12. The molecular weight excluding hydrogens is 456 g/mol. The van der Waals surface area contributed by atoms with Crippen molar-refractivity contribution >= 4 is 15.4 Å². The molecule has 0 saturated carbocycles. The lowest BCUT2D eigenvalue weighted by molar-refractivity contribution is 0.289. The van der Waals surface area contributed by atoms with Gasteiger partial charge in [0, 0.05) is 24.0 Å². The molecule has 2 unspecified atom stereocenters. The summed E-state index contributed by atoms with van der Waals surface area (Å²) in [5, 5.41) is -0.780. The van der Waals surface area contributed by atoms with Gasteiger partial charge in [-0.15, -0.1) is 0 Å².